The fourth-order valence-corrected chi connectivity index (χ4v) is 18.9. The molecule has 0 N–H and O–H groups in total. The van der Waals surface area contributed by atoms with Gasteiger partial charge in [-0.3, -0.25) is 0 Å². The molecule has 0 aliphatic heterocycles. The van der Waals surface area contributed by atoms with Gasteiger partial charge in [-0.1, -0.05) is 0 Å². The van der Waals surface area contributed by atoms with E-state index in [1.165, 1.54) is 51.4 Å². The van der Waals surface area contributed by atoms with Crippen LogP contribution in [-0.4, -0.2) is 33.3 Å². The van der Waals surface area contributed by atoms with Crippen LogP contribution in [0.15, 0.2) is 10.2 Å². The summed E-state index contributed by atoms with van der Waals surface area (Å²) in [5.41, 5.74) is 0. The van der Waals surface area contributed by atoms with Crippen LogP contribution in [0.25, 0.3) is 0 Å². The van der Waals surface area contributed by atoms with Crippen molar-refractivity contribution in [2.45, 2.75) is 124 Å². The Bertz CT molecular complexity index is 349. The quantitative estimate of drug-likeness (QED) is 0.165. The molecule has 0 aliphatic rings. The maximum atomic E-state index is 6.34. The van der Waals surface area contributed by atoms with E-state index in [4.69, 9.17) is 4.43 Å². The van der Waals surface area contributed by atoms with E-state index in [9.17, 15) is 0 Å². The van der Waals surface area contributed by atoms with E-state index < -0.39 is 26.7 Å². The SMILES string of the molecule is CCC[CH2][Sn](/[CH]=C/CCCO[Si](C)(C)C(C)(C)C)([CH2]CCC)[CH2]CCC. The van der Waals surface area contributed by atoms with Gasteiger partial charge in [-0.15, -0.1) is 0 Å². The molecule has 0 fully saturated rings. The monoisotopic (exact) mass is 490 g/mol. The molecule has 0 aromatic rings. The Morgan fingerprint density at radius 2 is 1.27 bits per heavy atom. The Labute approximate surface area is 171 Å². The van der Waals surface area contributed by atoms with Gasteiger partial charge in [0.1, 0.15) is 0 Å². The molecule has 0 unspecified atom stereocenters. The van der Waals surface area contributed by atoms with Crippen molar-refractivity contribution >= 4 is 26.7 Å². The van der Waals surface area contributed by atoms with Crippen LogP contribution in [0.4, 0.5) is 0 Å². The van der Waals surface area contributed by atoms with E-state index in [0.717, 1.165) is 6.61 Å². The third-order valence-electron chi connectivity index (χ3n) is 6.34. The summed E-state index contributed by atoms with van der Waals surface area (Å²) in [6.45, 7) is 19.7. The fourth-order valence-electron chi connectivity index (χ4n) is 3.29. The second-order valence-electron chi connectivity index (χ2n) is 9.83. The van der Waals surface area contributed by atoms with Crippen molar-refractivity contribution < 1.29 is 4.43 Å². The predicted molar refractivity (Wildman–Crippen MR) is 126 cm³/mol. The van der Waals surface area contributed by atoms with Crippen LogP contribution in [-0.2, 0) is 4.43 Å². The van der Waals surface area contributed by atoms with E-state index in [-0.39, 0.29) is 0 Å². The molecule has 156 valence electrons. The Morgan fingerprint density at radius 3 is 1.65 bits per heavy atom. The topological polar surface area (TPSA) is 9.23 Å². The van der Waals surface area contributed by atoms with Crippen molar-refractivity contribution in [1.82, 2.24) is 0 Å². The molecule has 0 saturated carbocycles. The van der Waals surface area contributed by atoms with Gasteiger partial charge in [-0.05, 0) is 0 Å². The van der Waals surface area contributed by atoms with Gasteiger partial charge in [0, 0.05) is 0 Å². The molecule has 0 aromatic heterocycles. The minimum atomic E-state index is -2.05. The van der Waals surface area contributed by atoms with Crippen molar-refractivity contribution in [3.8, 4) is 0 Å². The van der Waals surface area contributed by atoms with Gasteiger partial charge in [-0.25, -0.2) is 0 Å². The molecule has 26 heavy (non-hydrogen) atoms. The van der Waals surface area contributed by atoms with Gasteiger partial charge in [0.2, 0.25) is 0 Å². The van der Waals surface area contributed by atoms with Gasteiger partial charge in [0.25, 0.3) is 0 Å². The average molecular weight is 489 g/mol. The molecule has 0 heterocycles. The summed E-state index contributed by atoms with van der Waals surface area (Å²) in [4.78, 5) is 0. The first kappa shape index (κ1) is 26.7. The first-order valence-electron chi connectivity index (χ1n) is 11.5. The predicted octanol–water partition coefficient (Wildman–Crippen LogP) is 8.73. The molecule has 0 rings (SSSR count). The summed E-state index contributed by atoms with van der Waals surface area (Å²) in [5, 5.41) is 0.328. The van der Waals surface area contributed by atoms with Crippen molar-refractivity contribution in [2.24, 2.45) is 0 Å². The molecule has 0 spiro atoms. The summed E-state index contributed by atoms with van der Waals surface area (Å²) < 4.78 is 13.9. The third-order valence-corrected chi connectivity index (χ3v) is 25.1. The van der Waals surface area contributed by atoms with Gasteiger partial charge >= 0.3 is 172 Å². The van der Waals surface area contributed by atoms with Crippen LogP contribution in [0, 0.1) is 0 Å². The standard InChI is InChI=1S/C11H23OSi.3C4H9.Sn/c1-7-8-9-10-12-13(5,6)11(2,3)4;3*1-3-4-2;/h1,7H,8-10H2,2-6H3;3*1,3-4H2,2H3;. The first-order valence-corrected chi connectivity index (χ1v) is 22.1. The Hall–Kier alpha value is 0.716. The van der Waals surface area contributed by atoms with Crippen LogP contribution in [0.3, 0.4) is 0 Å². The normalized spacial score (nSPS) is 13.7. The average Bonchev–Trinajstić information content (AvgIpc) is 2.57. The maximum absolute atomic E-state index is 6.34. The number of allylic oxidation sites excluding steroid dienone is 1. The van der Waals surface area contributed by atoms with Gasteiger partial charge in [-0.2, -0.15) is 0 Å². The zero-order chi connectivity index (χ0) is 20.1. The van der Waals surface area contributed by atoms with Gasteiger partial charge in [0.15, 0.2) is 0 Å². The molecule has 0 aliphatic carbocycles. The number of unbranched alkanes of at least 4 members (excludes halogenated alkanes) is 4. The number of hydrogen-bond acceptors (Lipinski definition) is 1. The second kappa shape index (κ2) is 13.8. The number of hydrogen-bond donors (Lipinski definition) is 0. The van der Waals surface area contributed by atoms with Crippen LogP contribution in [0.2, 0.25) is 31.4 Å². The molecular weight excluding hydrogens is 439 g/mol. The van der Waals surface area contributed by atoms with Gasteiger partial charge < -0.3 is 0 Å². The Kier molecular flexibility index (Phi) is 14.2. The number of rotatable bonds is 15. The minimum absolute atomic E-state index is 0.328. The molecule has 0 atom stereocenters. The molecule has 1 nitrogen and oxygen atoms in total. The summed E-state index contributed by atoms with van der Waals surface area (Å²) in [7, 11) is -1.57. The molecular formula is C23H50OSiSn. The van der Waals surface area contributed by atoms with E-state index in [1.807, 2.05) is 0 Å². The van der Waals surface area contributed by atoms with E-state index >= 15 is 0 Å². The van der Waals surface area contributed by atoms with Crippen LogP contribution in [0.1, 0.15) is 92.9 Å². The summed E-state index contributed by atoms with van der Waals surface area (Å²) in [6, 6.07) is 0. The molecule has 0 saturated heterocycles. The van der Waals surface area contributed by atoms with Crippen LogP contribution < -0.4 is 0 Å². The zero-order valence-corrected chi connectivity index (χ0v) is 23.4. The van der Waals surface area contributed by atoms with Crippen LogP contribution >= 0.6 is 0 Å². The Balaban J connectivity index is 4.62. The molecule has 0 amide bonds. The van der Waals surface area contributed by atoms with Gasteiger partial charge in [0.05, 0.1) is 0 Å². The summed E-state index contributed by atoms with van der Waals surface area (Å²) >= 11 is -2.05. The molecule has 0 radical (unpaired) electrons. The summed E-state index contributed by atoms with van der Waals surface area (Å²) in [6.07, 6.45) is 13.5. The van der Waals surface area contributed by atoms with Crippen molar-refractivity contribution in [3.05, 3.63) is 10.2 Å². The van der Waals surface area contributed by atoms with Crippen molar-refractivity contribution in [3.63, 3.8) is 0 Å². The summed E-state index contributed by atoms with van der Waals surface area (Å²) in [5.74, 6) is 0. The molecule has 0 aromatic carbocycles. The first-order chi connectivity index (χ1) is 12.1. The zero-order valence-electron chi connectivity index (χ0n) is 19.5. The Morgan fingerprint density at radius 1 is 0.808 bits per heavy atom. The van der Waals surface area contributed by atoms with E-state index in [1.54, 1.807) is 13.3 Å². The van der Waals surface area contributed by atoms with E-state index in [0.29, 0.717) is 5.04 Å². The van der Waals surface area contributed by atoms with E-state index in [2.05, 4.69) is 64.8 Å². The third kappa shape index (κ3) is 10.9. The van der Waals surface area contributed by atoms with Crippen LogP contribution in [0.5, 0.6) is 0 Å². The molecule has 0 bridgehead atoms. The second-order valence-corrected chi connectivity index (χ2v) is 27.6. The molecule has 3 heteroatoms. The van der Waals surface area contributed by atoms with Crippen molar-refractivity contribution in [2.75, 3.05) is 6.61 Å². The fraction of sp³-hybridized carbons (Fsp3) is 0.913. The van der Waals surface area contributed by atoms with Crippen molar-refractivity contribution in [1.29, 1.82) is 0 Å².